The molecule has 2 aromatic heterocycles. The lowest BCUT2D eigenvalue weighted by Gasteiger charge is -2.07. The van der Waals surface area contributed by atoms with Crippen molar-refractivity contribution in [3.8, 4) is 17.2 Å². The van der Waals surface area contributed by atoms with Crippen molar-refractivity contribution < 1.29 is 23.8 Å². The number of aryl methyl sites for hydroxylation is 2. The van der Waals surface area contributed by atoms with Gasteiger partial charge in [0.1, 0.15) is 17.2 Å². The van der Waals surface area contributed by atoms with Gasteiger partial charge in [0.25, 0.3) is 0 Å². The van der Waals surface area contributed by atoms with E-state index in [2.05, 4.69) is 11.5 Å². The lowest BCUT2D eigenvalue weighted by Crippen LogP contribution is -2.10. The van der Waals surface area contributed by atoms with E-state index in [1.807, 2.05) is 48.8 Å². The highest BCUT2D eigenvalue weighted by atomic mass is 32.1. The molecule has 0 radical (unpaired) electrons. The number of ether oxygens (including phenoxy) is 3. The van der Waals surface area contributed by atoms with Gasteiger partial charge in [0.15, 0.2) is 5.76 Å². The summed E-state index contributed by atoms with van der Waals surface area (Å²) in [6, 6.07) is 13.0. The predicted octanol–water partition coefficient (Wildman–Crippen LogP) is 5.80. The second kappa shape index (κ2) is 8.83. The molecule has 0 bridgehead atoms. The second-order valence-electron chi connectivity index (χ2n) is 8.04. The molecule has 3 heterocycles. The summed E-state index contributed by atoms with van der Waals surface area (Å²) in [5.74, 6) is 1.18. The molecule has 0 saturated heterocycles. The fraction of sp³-hybridized carbons (Fsp3) is 0.185. The summed E-state index contributed by atoms with van der Waals surface area (Å²) < 4.78 is 19.0. The van der Waals surface area contributed by atoms with Crippen LogP contribution in [0.4, 0.5) is 0 Å². The minimum Gasteiger partial charge on any atom is -0.497 e. The minimum atomic E-state index is -0.358. The molecule has 0 atom stereocenters. The first-order valence-corrected chi connectivity index (χ1v) is 11.8. The normalized spacial score (nSPS) is 13.9. The number of thiophene rings is 1. The minimum absolute atomic E-state index is 0.191. The summed E-state index contributed by atoms with van der Waals surface area (Å²) in [6.45, 7) is 4.67. The van der Waals surface area contributed by atoms with Gasteiger partial charge in [0, 0.05) is 40.2 Å². The Balaban J connectivity index is 1.45. The number of hydrogen-bond donors (Lipinski definition) is 0. The number of esters is 1. The molecule has 4 aromatic rings. The molecule has 34 heavy (non-hydrogen) atoms. The zero-order valence-corrected chi connectivity index (χ0v) is 19.9. The monoisotopic (exact) mass is 473 g/mol. The van der Waals surface area contributed by atoms with Crippen LogP contribution in [0.25, 0.3) is 17.0 Å². The van der Waals surface area contributed by atoms with Gasteiger partial charge in [0.2, 0.25) is 5.78 Å². The van der Waals surface area contributed by atoms with Gasteiger partial charge in [0.05, 0.1) is 19.1 Å². The maximum Gasteiger partial charge on any atom is 0.316 e. The van der Waals surface area contributed by atoms with Crippen LogP contribution in [-0.4, -0.2) is 23.4 Å². The number of allylic oxidation sites excluding steroid dienone is 1. The fourth-order valence-electron chi connectivity index (χ4n) is 4.21. The third kappa shape index (κ3) is 3.99. The summed E-state index contributed by atoms with van der Waals surface area (Å²) in [4.78, 5) is 26.4. The average Bonchev–Trinajstić information content (AvgIpc) is 3.52. The molecule has 2 aromatic carbocycles. The van der Waals surface area contributed by atoms with Crippen molar-refractivity contribution in [1.29, 1.82) is 0 Å². The van der Waals surface area contributed by atoms with Crippen LogP contribution in [0.1, 0.15) is 33.3 Å². The molecule has 1 aliphatic heterocycles. The molecule has 172 valence electrons. The van der Waals surface area contributed by atoms with Crippen LogP contribution < -0.4 is 14.2 Å². The molecule has 0 amide bonds. The lowest BCUT2D eigenvalue weighted by molar-refractivity contribution is -0.133. The van der Waals surface area contributed by atoms with Gasteiger partial charge in [-0.05, 0) is 61.2 Å². The number of aromatic nitrogens is 1. The number of methoxy groups -OCH3 is 1. The number of carbonyl (C=O) groups excluding carboxylic acids is 2. The summed E-state index contributed by atoms with van der Waals surface area (Å²) in [5.41, 5.74) is 3.10. The Morgan fingerprint density at radius 2 is 2.03 bits per heavy atom. The highest BCUT2D eigenvalue weighted by Gasteiger charge is 2.30. The maximum atomic E-state index is 13.2. The highest BCUT2D eigenvalue weighted by molar-refractivity contribution is 7.10. The summed E-state index contributed by atoms with van der Waals surface area (Å²) >= 11 is 1.51. The number of benzene rings is 2. The van der Waals surface area contributed by atoms with Gasteiger partial charge >= 0.3 is 5.97 Å². The smallest absolute Gasteiger partial charge is 0.316 e. The highest BCUT2D eigenvalue weighted by Crippen LogP contribution is 2.38. The Labute approximate surface area is 201 Å². The first-order chi connectivity index (χ1) is 16.5. The van der Waals surface area contributed by atoms with Crippen molar-refractivity contribution in [2.45, 2.75) is 26.8 Å². The summed E-state index contributed by atoms with van der Waals surface area (Å²) in [5, 5.41) is 2.89. The van der Waals surface area contributed by atoms with E-state index in [1.54, 1.807) is 25.3 Å². The van der Waals surface area contributed by atoms with Crippen molar-refractivity contribution in [2.75, 3.05) is 7.11 Å². The zero-order valence-electron chi connectivity index (χ0n) is 19.1. The van der Waals surface area contributed by atoms with E-state index in [1.165, 1.54) is 11.3 Å². The third-order valence-electron chi connectivity index (χ3n) is 5.82. The molecular weight excluding hydrogens is 450 g/mol. The van der Waals surface area contributed by atoms with Crippen LogP contribution in [-0.2, 0) is 17.8 Å². The molecule has 0 saturated carbocycles. The molecule has 5 rings (SSSR count). The molecular formula is C27H23NO5S. The van der Waals surface area contributed by atoms with E-state index in [0.717, 1.165) is 33.6 Å². The summed E-state index contributed by atoms with van der Waals surface area (Å²) in [7, 11) is 1.63. The van der Waals surface area contributed by atoms with Crippen molar-refractivity contribution in [1.82, 2.24) is 4.57 Å². The van der Waals surface area contributed by atoms with Crippen molar-refractivity contribution in [2.24, 2.45) is 0 Å². The van der Waals surface area contributed by atoms with Gasteiger partial charge in [-0.3, -0.25) is 9.59 Å². The number of hydrogen-bond acceptors (Lipinski definition) is 6. The molecule has 1 aliphatic rings. The Morgan fingerprint density at radius 3 is 2.76 bits per heavy atom. The number of rotatable bonds is 6. The largest absolute Gasteiger partial charge is 0.497 e. The first-order valence-electron chi connectivity index (χ1n) is 11.0. The van der Waals surface area contributed by atoms with Crippen molar-refractivity contribution in [3.05, 3.63) is 81.4 Å². The van der Waals surface area contributed by atoms with Crippen molar-refractivity contribution in [3.63, 3.8) is 0 Å². The van der Waals surface area contributed by atoms with E-state index in [9.17, 15) is 9.59 Å². The molecule has 0 aliphatic carbocycles. The quantitative estimate of drug-likeness (QED) is 0.201. The van der Waals surface area contributed by atoms with E-state index in [4.69, 9.17) is 14.2 Å². The van der Waals surface area contributed by atoms with Crippen LogP contribution in [0.3, 0.4) is 0 Å². The molecule has 6 nitrogen and oxygen atoms in total. The topological polar surface area (TPSA) is 66.8 Å². The Hall–Kier alpha value is -3.84. The number of Topliss-reactive ketones (excluding diaryl/α,β-unsaturated/α-hetero) is 1. The molecule has 7 heteroatoms. The van der Waals surface area contributed by atoms with E-state index in [0.29, 0.717) is 22.6 Å². The van der Waals surface area contributed by atoms with Crippen molar-refractivity contribution >= 4 is 40.1 Å². The standard InChI is InChI=1S/C27H23NO5S/c1-4-28-15-17(21-12-18(31-3)7-8-22(21)28)11-24-27(30)26-16(2)10-19(13-23(26)33-24)32-25(29)14-20-6-5-9-34-20/h5-13,15H,4,14H2,1-3H3/b24-11-. The second-order valence-corrected chi connectivity index (χ2v) is 9.07. The Morgan fingerprint density at radius 1 is 1.18 bits per heavy atom. The zero-order chi connectivity index (χ0) is 23.8. The van der Waals surface area contributed by atoms with Gasteiger partial charge in [-0.15, -0.1) is 11.3 Å². The average molecular weight is 474 g/mol. The maximum absolute atomic E-state index is 13.2. The van der Waals surface area contributed by atoms with Crippen LogP contribution in [0.15, 0.2) is 59.8 Å². The van der Waals surface area contributed by atoms with Crippen LogP contribution in [0.5, 0.6) is 17.2 Å². The number of nitrogens with zero attached hydrogens (tertiary/aromatic N) is 1. The molecule has 0 N–H and O–H groups in total. The van der Waals surface area contributed by atoms with Crippen LogP contribution in [0, 0.1) is 6.92 Å². The fourth-order valence-corrected chi connectivity index (χ4v) is 4.90. The van der Waals surface area contributed by atoms with Crippen LogP contribution in [0.2, 0.25) is 0 Å². The van der Waals surface area contributed by atoms with Crippen LogP contribution >= 0.6 is 11.3 Å². The van der Waals surface area contributed by atoms with Gasteiger partial charge in [-0.1, -0.05) is 6.07 Å². The third-order valence-corrected chi connectivity index (χ3v) is 6.70. The number of ketones is 1. The first kappa shape index (κ1) is 22.0. The Kier molecular flexibility index (Phi) is 5.71. The van der Waals surface area contributed by atoms with Gasteiger partial charge in [-0.25, -0.2) is 0 Å². The van der Waals surface area contributed by atoms with E-state index in [-0.39, 0.29) is 23.9 Å². The lowest BCUT2D eigenvalue weighted by atomic mass is 10.0. The Bertz CT molecular complexity index is 1450. The molecule has 0 spiro atoms. The number of fused-ring (bicyclic) bond motifs is 2. The molecule has 0 unspecified atom stereocenters. The van der Waals surface area contributed by atoms with E-state index < -0.39 is 0 Å². The number of carbonyl (C=O) groups is 2. The SMILES string of the molecule is CCn1cc(/C=C2\Oc3cc(OC(=O)Cc4cccs4)cc(C)c3C2=O)c2cc(OC)ccc21. The molecule has 0 fully saturated rings. The van der Waals surface area contributed by atoms with Gasteiger partial charge < -0.3 is 18.8 Å². The van der Waals surface area contributed by atoms with Gasteiger partial charge in [-0.2, -0.15) is 0 Å². The summed E-state index contributed by atoms with van der Waals surface area (Å²) in [6.07, 6.45) is 3.96. The predicted molar refractivity (Wildman–Crippen MR) is 132 cm³/mol. The van der Waals surface area contributed by atoms with E-state index >= 15 is 0 Å².